The summed E-state index contributed by atoms with van der Waals surface area (Å²) < 4.78 is 41.9. The van der Waals surface area contributed by atoms with E-state index < -0.39 is 16.0 Å². The zero-order chi connectivity index (χ0) is 29.6. The van der Waals surface area contributed by atoms with Crippen LogP contribution >= 0.6 is 0 Å². The maximum absolute atomic E-state index is 13.7. The average molecular weight is 592 g/mol. The zero-order valence-electron chi connectivity index (χ0n) is 24.4. The van der Waals surface area contributed by atoms with Gasteiger partial charge in [0.2, 0.25) is 21.7 Å². The number of carbonyl (C=O) groups excluding carboxylic acids is 2. The maximum atomic E-state index is 13.7. The number of ether oxygens (including phenoxy) is 1. The molecule has 9 nitrogen and oxygen atoms in total. The number of benzene rings is 2. The van der Waals surface area contributed by atoms with Crippen molar-refractivity contribution in [3.63, 3.8) is 0 Å². The van der Waals surface area contributed by atoms with Crippen molar-refractivity contribution in [1.82, 2.24) is 13.8 Å². The molecule has 0 atom stereocenters. The molecule has 4 heterocycles. The number of sulfonamides is 1. The average Bonchev–Trinajstić information content (AvgIpc) is 3.71. The first-order valence-electron chi connectivity index (χ1n) is 14.8. The van der Waals surface area contributed by atoms with Crippen LogP contribution in [0.5, 0.6) is 0 Å². The standard InChI is InChI=1S/C32H37N3O6S/c1-4-40-32(37)31-21(2)26-19-24(11-12-28(26)41-31)42(38,39)34-17-13-23(14-18-34)30-22(3)35(27-10-6-5-9-25(27)30)20-29(36)33-15-7-8-16-33/h5-6,9-12,19,23H,4,7-8,13-18,20H2,1-3H3. The molecule has 42 heavy (non-hydrogen) atoms. The number of amides is 1. The van der Waals surface area contributed by atoms with Gasteiger partial charge in [-0.2, -0.15) is 4.31 Å². The molecule has 2 aliphatic heterocycles. The summed E-state index contributed by atoms with van der Waals surface area (Å²) in [6, 6.07) is 13.0. The number of carbonyl (C=O) groups is 2. The molecule has 2 fully saturated rings. The first-order chi connectivity index (χ1) is 20.2. The Morgan fingerprint density at radius 2 is 1.69 bits per heavy atom. The van der Waals surface area contributed by atoms with Crippen molar-refractivity contribution in [2.45, 2.75) is 63.8 Å². The highest BCUT2D eigenvalue weighted by molar-refractivity contribution is 7.89. The Morgan fingerprint density at radius 1 is 0.976 bits per heavy atom. The molecule has 2 saturated heterocycles. The third kappa shape index (κ3) is 4.90. The van der Waals surface area contributed by atoms with Crippen molar-refractivity contribution < 1.29 is 27.2 Å². The van der Waals surface area contributed by atoms with Gasteiger partial charge in [-0.25, -0.2) is 13.2 Å². The van der Waals surface area contributed by atoms with Gasteiger partial charge in [0.25, 0.3) is 0 Å². The number of hydrogen-bond acceptors (Lipinski definition) is 6. The lowest BCUT2D eigenvalue weighted by atomic mass is 9.88. The number of piperidine rings is 1. The van der Waals surface area contributed by atoms with Crippen molar-refractivity contribution in [1.29, 1.82) is 0 Å². The van der Waals surface area contributed by atoms with Gasteiger partial charge in [0.1, 0.15) is 12.1 Å². The molecule has 0 unspecified atom stereocenters. The number of esters is 1. The fourth-order valence-electron chi connectivity index (χ4n) is 6.66. The monoisotopic (exact) mass is 591 g/mol. The van der Waals surface area contributed by atoms with E-state index in [1.54, 1.807) is 30.3 Å². The van der Waals surface area contributed by atoms with Crippen LogP contribution in [0.2, 0.25) is 0 Å². The van der Waals surface area contributed by atoms with Crippen LogP contribution in [0.15, 0.2) is 51.8 Å². The Labute approximate surface area is 246 Å². The van der Waals surface area contributed by atoms with Crippen molar-refractivity contribution in [3.05, 3.63) is 65.0 Å². The number of likely N-dealkylation sites (tertiary alicyclic amines) is 1. The van der Waals surface area contributed by atoms with Gasteiger partial charge < -0.3 is 18.6 Å². The van der Waals surface area contributed by atoms with Gasteiger partial charge in [-0.15, -0.1) is 0 Å². The SMILES string of the molecule is CCOC(=O)c1oc2ccc(S(=O)(=O)N3CCC(c4c(C)n(CC(=O)N5CCCC5)c5ccccc45)CC3)cc2c1C. The van der Waals surface area contributed by atoms with E-state index in [0.717, 1.165) is 42.5 Å². The molecule has 6 rings (SSSR count). The molecular formula is C32H37N3O6S. The van der Waals surface area contributed by atoms with Gasteiger partial charge in [0, 0.05) is 53.7 Å². The predicted octanol–water partition coefficient (Wildman–Crippen LogP) is 5.37. The lowest BCUT2D eigenvalue weighted by Crippen LogP contribution is -2.38. The van der Waals surface area contributed by atoms with E-state index in [9.17, 15) is 18.0 Å². The summed E-state index contributed by atoms with van der Waals surface area (Å²) in [7, 11) is -3.75. The highest BCUT2D eigenvalue weighted by atomic mass is 32.2. The minimum Gasteiger partial charge on any atom is -0.460 e. The summed E-state index contributed by atoms with van der Waals surface area (Å²) in [5.41, 5.74) is 4.37. The van der Waals surface area contributed by atoms with Gasteiger partial charge >= 0.3 is 5.97 Å². The quantitative estimate of drug-likeness (QED) is 0.268. The maximum Gasteiger partial charge on any atom is 0.374 e. The Morgan fingerprint density at radius 3 is 2.40 bits per heavy atom. The van der Waals surface area contributed by atoms with Gasteiger partial charge in [0.15, 0.2) is 0 Å². The first-order valence-corrected chi connectivity index (χ1v) is 16.2. The number of nitrogens with zero attached hydrogens (tertiary/aromatic N) is 3. The van der Waals surface area contributed by atoms with Crippen LogP contribution in [0.4, 0.5) is 0 Å². The van der Waals surface area contributed by atoms with E-state index in [0.29, 0.717) is 49.0 Å². The molecule has 0 bridgehead atoms. The molecular weight excluding hydrogens is 554 g/mol. The number of para-hydroxylation sites is 1. The summed E-state index contributed by atoms with van der Waals surface area (Å²) in [6.45, 7) is 8.55. The largest absolute Gasteiger partial charge is 0.460 e. The lowest BCUT2D eigenvalue weighted by Gasteiger charge is -2.31. The molecule has 0 radical (unpaired) electrons. The van der Waals surface area contributed by atoms with Crippen LogP contribution in [0, 0.1) is 13.8 Å². The lowest BCUT2D eigenvalue weighted by molar-refractivity contribution is -0.130. The van der Waals surface area contributed by atoms with E-state index >= 15 is 0 Å². The van der Waals surface area contributed by atoms with Gasteiger partial charge in [-0.05, 0) is 82.2 Å². The van der Waals surface area contributed by atoms with Crippen molar-refractivity contribution in [3.8, 4) is 0 Å². The third-order valence-corrected chi connectivity index (χ3v) is 10.8. The molecule has 2 aromatic heterocycles. The van der Waals surface area contributed by atoms with Crippen LogP contribution in [-0.2, 0) is 26.1 Å². The van der Waals surface area contributed by atoms with E-state index in [4.69, 9.17) is 9.15 Å². The van der Waals surface area contributed by atoms with E-state index in [-0.39, 0.29) is 29.1 Å². The van der Waals surface area contributed by atoms with Crippen LogP contribution in [0.3, 0.4) is 0 Å². The van der Waals surface area contributed by atoms with Crippen LogP contribution in [0.25, 0.3) is 21.9 Å². The smallest absolute Gasteiger partial charge is 0.374 e. The Kier molecular flexibility index (Phi) is 7.61. The molecule has 2 aliphatic rings. The minimum absolute atomic E-state index is 0.0962. The molecule has 0 spiro atoms. The summed E-state index contributed by atoms with van der Waals surface area (Å²) in [6.07, 6.45) is 3.50. The van der Waals surface area contributed by atoms with Gasteiger partial charge in [0.05, 0.1) is 11.5 Å². The predicted molar refractivity (Wildman–Crippen MR) is 160 cm³/mol. The molecule has 4 aromatic rings. The molecule has 0 N–H and O–H groups in total. The Hall–Kier alpha value is -3.63. The second kappa shape index (κ2) is 11.2. The fourth-order valence-corrected chi connectivity index (χ4v) is 8.16. The fraction of sp³-hybridized carbons (Fsp3) is 0.438. The normalized spacial score (nSPS) is 17.0. The zero-order valence-corrected chi connectivity index (χ0v) is 25.2. The summed E-state index contributed by atoms with van der Waals surface area (Å²) in [4.78, 5) is 27.5. The van der Waals surface area contributed by atoms with Crippen LogP contribution in [-0.4, -0.2) is 66.9 Å². The first kappa shape index (κ1) is 28.5. The second-order valence-electron chi connectivity index (χ2n) is 11.3. The number of hydrogen-bond donors (Lipinski definition) is 0. The highest BCUT2D eigenvalue weighted by Gasteiger charge is 2.33. The summed E-state index contributed by atoms with van der Waals surface area (Å²) in [5.74, 6) is -0.119. The molecule has 10 heteroatoms. The van der Waals surface area contributed by atoms with E-state index in [2.05, 4.69) is 23.6 Å². The van der Waals surface area contributed by atoms with Crippen molar-refractivity contribution >= 4 is 43.8 Å². The Bertz CT molecular complexity index is 1770. The molecule has 1 amide bonds. The molecule has 2 aromatic carbocycles. The highest BCUT2D eigenvalue weighted by Crippen LogP contribution is 2.39. The molecule has 0 saturated carbocycles. The van der Waals surface area contributed by atoms with Crippen molar-refractivity contribution in [2.75, 3.05) is 32.8 Å². The third-order valence-electron chi connectivity index (χ3n) is 8.90. The van der Waals surface area contributed by atoms with E-state index in [1.165, 1.54) is 11.6 Å². The number of furan rings is 1. The minimum atomic E-state index is -3.75. The topological polar surface area (TPSA) is 102 Å². The number of rotatable bonds is 7. The Balaban J connectivity index is 1.23. The van der Waals surface area contributed by atoms with Crippen molar-refractivity contribution in [2.24, 2.45) is 0 Å². The molecule has 222 valence electrons. The summed E-state index contributed by atoms with van der Waals surface area (Å²) in [5, 5.41) is 1.73. The van der Waals surface area contributed by atoms with Gasteiger partial charge in [-0.3, -0.25) is 4.79 Å². The van der Waals surface area contributed by atoms with E-state index in [1.807, 2.05) is 17.0 Å². The molecule has 0 aliphatic carbocycles. The van der Waals surface area contributed by atoms with Gasteiger partial charge in [-0.1, -0.05) is 18.2 Å². The number of aromatic nitrogens is 1. The summed E-state index contributed by atoms with van der Waals surface area (Å²) >= 11 is 0. The number of aryl methyl sites for hydroxylation is 1. The number of fused-ring (bicyclic) bond motifs is 2. The van der Waals surface area contributed by atoms with Crippen LogP contribution < -0.4 is 0 Å². The van der Waals surface area contributed by atoms with Crippen LogP contribution in [0.1, 0.15) is 65.9 Å². The second-order valence-corrected chi connectivity index (χ2v) is 13.2.